The highest BCUT2D eigenvalue weighted by atomic mass is 16.4. The normalized spacial score (nSPS) is 40.9. The molecule has 222 valence electrons. The van der Waals surface area contributed by atoms with E-state index in [2.05, 4.69) is 31.1 Å². The number of amides is 1. The second kappa shape index (κ2) is 11.9. The van der Waals surface area contributed by atoms with Crippen molar-refractivity contribution in [1.82, 2.24) is 5.32 Å². The average Bonchev–Trinajstić information content (AvgIpc) is 3.22. The molecule has 9 nitrogen and oxygen atoms in total. The molecule has 0 heterocycles. The van der Waals surface area contributed by atoms with Gasteiger partial charge >= 0.3 is 5.97 Å². The fourth-order valence-corrected chi connectivity index (χ4v) is 9.76. The molecule has 11 atom stereocenters. The first-order chi connectivity index (χ1) is 18.4. The molecule has 39 heavy (non-hydrogen) atoms. The molecule has 9 heteroatoms. The van der Waals surface area contributed by atoms with E-state index in [1.54, 1.807) is 0 Å². The summed E-state index contributed by atoms with van der Waals surface area (Å²) in [6.07, 6.45) is 9.45. The molecule has 0 bridgehead atoms. The molecule has 0 aromatic heterocycles. The van der Waals surface area contributed by atoms with Gasteiger partial charge in [-0.25, -0.2) is 4.79 Å². The first kappa shape index (κ1) is 30.1. The van der Waals surface area contributed by atoms with Crippen molar-refractivity contribution < 1.29 is 24.9 Å². The van der Waals surface area contributed by atoms with Crippen molar-refractivity contribution in [3.63, 3.8) is 0 Å². The number of carboxylic acid groups (broad SMARTS) is 1. The van der Waals surface area contributed by atoms with E-state index in [1.165, 1.54) is 0 Å². The molecule has 0 unspecified atom stereocenters. The van der Waals surface area contributed by atoms with Crippen LogP contribution in [0.5, 0.6) is 0 Å². The van der Waals surface area contributed by atoms with E-state index in [9.17, 15) is 24.9 Å². The van der Waals surface area contributed by atoms with Crippen molar-refractivity contribution in [1.29, 1.82) is 0 Å². The Hall–Kier alpha value is -1.87. The summed E-state index contributed by atoms with van der Waals surface area (Å²) in [6, 6.07) is -0.940. The number of fused-ring (bicyclic) bond motifs is 5. The number of aliphatic imine (C=N–C) groups is 1. The van der Waals surface area contributed by atoms with Crippen molar-refractivity contribution in [2.45, 2.75) is 116 Å². The minimum Gasteiger partial charge on any atom is -0.480 e. The number of guanidine groups is 1. The third kappa shape index (κ3) is 6.09. The Balaban J connectivity index is 1.34. The summed E-state index contributed by atoms with van der Waals surface area (Å²) in [4.78, 5) is 28.2. The Kier molecular flexibility index (Phi) is 9.21. The molecule has 4 saturated carbocycles. The summed E-state index contributed by atoms with van der Waals surface area (Å²) in [7, 11) is 0. The number of carbonyl (C=O) groups is 2. The van der Waals surface area contributed by atoms with E-state index >= 15 is 0 Å². The molecule has 1 amide bonds. The van der Waals surface area contributed by atoms with E-state index in [4.69, 9.17) is 11.5 Å². The van der Waals surface area contributed by atoms with Crippen molar-refractivity contribution in [3.05, 3.63) is 0 Å². The summed E-state index contributed by atoms with van der Waals surface area (Å²) in [5.41, 5.74) is 11.0. The number of rotatable bonds is 10. The second-order valence-electron chi connectivity index (χ2n) is 13.9. The SMILES string of the molecule is C[C@H](CCC(=O)N[C@@H](CCCN=C(N)N)C(=O)O)[C@H]1CC[C@H]2[C@@H]3[C@H](O)C[C@@H]4C[C@H](O)CC[C@]4(C)[C@H]3CC[C@]12C. The third-order valence-electron chi connectivity index (χ3n) is 11.8. The lowest BCUT2D eigenvalue weighted by atomic mass is 9.43. The van der Waals surface area contributed by atoms with E-state index in [1.807, 2.05) is 0 Å². The lowest BCUT2D eigenvalue weighted by Gasteiger charge is -2.62. The molecule has 0 aromatic rings. The number of carboxylic acids is 1. The number of aliphatic carboxylic acids is 1. The number of nitrogens with zero attached hydrogens (tertiary/aromatic N) is 1. The Morgan fingerprint density at radius 2 is 1.69 bits per heavy atom. The van der Waals surface area contributed by atoms with Gasteiger partial charge in [-0.15, -0.1) is 0 Å². The van der Waals surface area contributed by atoms with Crippen LogP contribution in [0.1, 0.15) is 97.8 Å². The first-order valence-electron chi connectivity index (χ1n) is 15.3. The lowest BCUT2D eigenvalue weighted by Crippen LogP contribution is -2.58. The third-order valence-corrected chi connectivity index (χ3v) is 11.8. The van der Waals surface area contributed by atoms with Crippen LogP contribution in [-0.2, 0) is 9.59 Å². The number of hydrogen-bond acceptors (Lipinski definition) is 5. The average molecular weight is 549 g/mol. The van der Waals surface area contributed by atoms with Crippen LogP contribution in [0.4, 0.5) is 0 Å². The monoisotopic (exact) mass is 548 g/mol. The van der Waals surface area contributed by atoms with Gasteiger partial charge in [0.2, 0.25) is 5.91 Å². The summed E-state index contributed by atoms with van der Waals surface area (Å²) < 4.78 is 0. The maximum atomic E-state index is 12.7. The smallest absolute Gasteiger partial charge is 0.326 e. The molecule has 0 aliphatic heterocycles. The Bertz CT molecular complexity index is 925. The Morgan fingerprint density at radius 1 is 1.00 bits per heavy atom. The van der Waals surface area contributed by atoms with Crippen LogP contribution in [-0.4, -0.2) is 58.0 Å². The summed E-state index contributed by atoms with van der Waals surface area (Å²) in [5, 5.41) is 34.0. The van der Waals surface area contributed by atoms with Crippen LogP contribution in [0.3, 0.4) is 0 Å². The number of hydrogen-bond donors (Lipinski definition) is 6. The zero-order valence-corrected chi connectivity index (χ0v) is 24.1. The van der Waals surface area contributed by atoms with E-state index in [-0.39, 0.29) is 41.3 Å². The summed E-state index contributed by atoms with van der Waals surface area (Å²) >= 11 is 0. The first-order valence-corrected chi connectivity index (χ1v) is 15.3. The quantitative estimate of drug-likeness (QED) is 0.138. The molecule has 4 aliphatic carbocycles. The maximum absolute atomic E-state index is 12.7. The van der Waals surface area contributed by atoms with Gasteiger partial charge in [-0.2, -0.15) is 0 Å². The zero-order valence-electron chi connectivity index (χ0n) is 24.1. The standard InChI is InChI=1S/C30H52N4O5/c1-17(6-9-25(37)34-23(27(38)39)5-4-14-33-28(31)32)20-7-8-21-26-22(11-13-30(20,21)3)29(2)12-10-19(35)15-18(29)16-24(26)36/h17-24,26,35-36H,4-16H2,1-3H3,(H,34,37)(H,38,39)(H4,31,32,33)/t17-,18+,19-,20-,21+,22+,23+,24-,26+,29+,30-/m1/s1. The minimum atomic E-state index is -1.04. The number of aliphatic hydroxyl groups is 2. The predicted molar refractivity (Wildman–Crippen MR) is 150 cm³/mol. The second-order valence-corrected chi connectivity index (χ2v) is 13.9. The van der Waals surface area contributed by atoms with Gasteiger partial charge in [-0.3, -0.25) is 9.79 Å². The molecule has 0 saturated heterocycles. The van der Waals surface area contributed by atoms with Crippen molar-refractivity contribution in [2.75, 3.05) is 6.54 Å². The topological polar surface area (TPSA) is 171 Å². The highest BCUT2D eigenvalue weighted by Gasteiger charge is 2.62. The summed E-state index contributed by atoms with van der Waals surface area (Å²) in [6.45, 7) is 7.46. The zero-order chi connectivity index (χ0) is 28.5. The van der Waals surface area contributed by atoms with Crippen LogP contribution in [0, 0.1) is 46.3 Å². The van der Waals surface area contributed by atoms with Crippen LogP contribution >= 0.6 is 0 Å². The van der Waals surface area contributed by atoms with Gasteiger partial charge in [0.05, 0.1) is 12.2 Å². The Labute approximate surface area is 233 Å². The molecule has 0 spiro atoms. The molecular weight excluding hydrogens is 496 g/mol. The van der Waals surface area contributed by atoms with Crippen LogP contribution in [0.15, 0.2) is 4.99 Å². The molecule has 0 radical (unpaired) electrons. The fraction of sp³-hybridized carbons (Fsp3) is 0.900. The van der Waals surface area contributed by atoms with Gasteiger partial charge in [0.25, 0.3) is 0 Å². The summed E-state index contributed by atoms with van der Waals surface area (Å²) in [5.74, 6) is 1.32. The fourth-order valence-electron chi connectivity index (χ4n) is 9.76. The highest BCUT2D eigenvalue weighted by molar-refractivity contribution is 5.83. The van der Waals surface area contributed by atoms with Gasteiger partial charge in [-0.05, 0) is 117 Å². The predicted octanol–water partition coefficient (Wildman–Crippen LogP) is 3.02. The molecule has 4 aliphatic rings. The van der Waals surface area contributed by atoms with E-state index < -0.39 is 12.0 Å². The van der Waals surface area contributed by atoms with Crippen molar-refractivity contribution >= 4 is 17.8 Å². The maximum Gasteiger partial charge on any atom is 0.326 e. The van der Waals surface area contributed by atoms with Crippen molar-refractivity contribution in [3.8, 4) is 0 Å². The van der Waals surface area contributed by atoms with Gasteiger partial charge < -0.3 is 32.1 Å². The molecule has 4 rings (SSSR count). The molecular formula is C30H52N4O5. The number of nitrogens with one attached hydrogen (secondary N) is 1. The highest BCUT2D eigenvalue weighted by Crippen LogP contribution is 2.68. The van der Waals surface area contributed by atoms with Gasteiger partial charge in [0.1, 0.15) is 6.04 Å². The van der Waals surface area contributed by atoms with Crippen LogP contribution in [0.2, 0.25) is 0 Å². The number of carbonyl (C=O) groups excluding carboxylic acids is 1. The number of aliphatic hydroxyl groups excluding tert-OH is 2. The molecule has 8 N–H and O–H groups in total. The van der Waals surface area contributed by atoms with E-state index in [0.717, 1.165) is 57.8 Å². The van der Waals surface area contributed by atoms with Crippen LogP contribution < -0.4 is 16.8 Å². The van der Waals surface area contributed by atoms with Crippen molar-refractivity contribution in [2.24, 2.45) is 62.8 Å². The minimum absolute atomic E-state index is 0.0264. The van der Waals surface area contributed by atoms with E-state index in [0.29, 0.717) is 54.9 Å². The van der Waals surface area contributed by atoms with Gasteiger partial charge in [0.15, 0.2) is 5.96 Å². The Morgan fingerprint density at radius 3 is 2.38 bits per heavy atom. The largest absolute Gasteiger partial charge is 0.480 e. The molecule has 4 fully saturated rings. The number of nitrogens with two attached hydrogens (primary N) is 2. The van der Waals surface area contributed by atoms with Gasteiger partial charge in [0, 0.05) is 13.0 Å². The van der Waals surface area contributed by atoms with Gasteiger partial charge in [-0.1, -0.05) is 20.8 Å². The van der Waals surface area contributed by atoms with Crippen LogP contribution in [0.25, 0.3) is 0 Å². The molecule has 0 aromatic carbocycles. The lowest BCUT2D eigenvalue weighted by molar-refractivity contribution is -0.174.